The average molecular weight is 314 g/mol. The van der Waals surface area contributed by atoms with Crippen molar-refractivity contribution in [2.24, 2.45) is 0 Å². The Kier molecular flexibility index (Phi) is 4.96. The van der Waals surface area contributed by atoms with E-state index in [1.807, 2.05) is 43.0 Å². The Bertz CT molecular complexity index is 666. The van der Waals surface area contributed by atoms with Crippen LogP contribution in [0.3, 0.4) is 0 Å². The van der Waals surface area contributed by atoms with Crippen molar-refractivity contribution in [3.8, 4) is 0 Å². The van der Waals surface area contributed by atoms with Crippen LogP contribution in [0, 0.1) is 0 Å². The second-order valence-corrected chi connectivity index (χ2v) is 6.05. The van der Waals surface area contributed by atoms with Crippen molar-refractivity contribution in [1.82, 2.24) is 20.0 Å². The largest absolute Gasteiger partial charge is 0.334 e. The van der Waals surface area contributed by atoms with Crippen LogP contribution in [0.5, 0.6) is 0 Å². The number of carbonyl (C=O) groups excluding carboxylic acids is 1. The van der Waals surface area contributed by atoms with Gasteiger partial charge >= 0.3 is 0 Å². The molecule has 4 rings (SSSR count). The van der Waals surface area contributed by atoms with Crippen LogP contribution in [-0.4, -0.2) is 58.1 Å². The van der Waals surface area contributed by atoms with Crippen LogP contribution in [0.25, 0.3) is 10.9 Å². The summed E-state index contributed by atoms with van der Waals surface area (Å²) < 4.78 is 0. The fourth-order valence-electron chi connectivity index (χ4n) is 3.62. The maximum atomic E-state index is 12.8. The molecule has 0 radical (unpaired) electrons. The molecule has 0 bridgehead atoms. The van der Waals surface area contributed by atoms with E-state index in [4.69, 9.17) is 0 Å². The molecule has 2 saturated heterocycles. The Balaban J connectivity index is 0.000000753. The molecule has 1 N–H and O–H groups in total. The Hall–Kier alpha value is -1.88. The highest BCUT2D eigenvalue weighted by Crippen LogP contribution is 2.23. The number of fused-ring (bicyclic) bond motifs is 2. The Morgan fingerprint density at radius 1 is 1.17 bits per heavy atom. The summed E-state index contributed by atoms with van der Waals surface area (Å²) in [5.74, 6) is 0.0673. The maximum Gasteiger partial charge on any atom is 0.275 e. The zero-order valence-corrected chi connectivity index (χ0v) is 14.1. The fourth-order valence-corrected chi connectivity index (χ4v) is 3.62. The van der Waals surface area contributed by atoms with Gasteiger partial charge in [-0.05, 0) is 25.5 Å². The van der Waals surface area contributed by atoms with Crippen molar-refractivity contribution < 1.29 is 4.79 Å². The molecule has 2 aliphatic heterocycles. The minimum Gasteiger partial charge on any atom is -0.334 e. The number of para-hydroxylation sites is 1. The number of rotatable bonds is 1. The molecule has 1 unspecified atom stereocenters. The molecule has 0 spiro atoms. The van der Waals surface area contributed by atoms with Gasteiger partial charge in [0.15, 0.2) is 5.69 Å². The SMILES string of the molecule is CC.O=C(c1n[nH]c2ccccc12)N1CCN2CCCCC2C1. The molecule has 3 heterocycles. The first kappa shape index (κ1) is 16.0. The van der Waals surface area contributed by atoms with Crippen molar-refractivity contribution in [2.75, 3.05) is 26.2 Å². The van der Waals surface area contributed by atoms with Crippen LogP contribution in [-0.2, 0) is 0 Å². The van der Waals surface area contributed by atoms with Crippen LogP contribution in [0.15, 0.2) is 24.3 Å². The lowest BCUT2D eigenvalue weighted by Gasteiger charge is -2.43. The van der Waals surface area contributed by atoms with E-state index < -0.39 is 0 Å². The predicted molar refractivity (Wildman–Crippen MR) is 92.6 cm³/mol. The molecule has 1 aromatic heterocycles. The number of aromatic nitrogens is 2. The van der Waals surface area contributed by atoms with Gasteiger partial charge in [0.1, 0.15) is 0 Å². The van der Waals surface area contributed by atoms with Gasteiger partial charge in [0.25, 0.3) is 5.91 Å². The molecule has 2 fully saturated rings. The van der Waals surface area contributed by atoms with Crippen LogP contribution < -0.4 is 0 Å². The number of piperazine rings is 1. The summed E-state index contributed by atoms with van der Waals surface area (Å²) >= 11 is 0. The lowest BCUT2D eigenvalue weighted by atomic mass is 9.99. The van der Waals surface area contributed by atoms with Gasteiger partial charge in [-0.3, -0.25) is 14.8 Å². The minimum atomic E-state index is 0.0673. The summed E-state index contributed by atoms with van der Waals surface area (Å²) in [6, 6.07) is 8.37. The van der Waals surface area contributed by atoms with Gasteiger partial charge in [0.2, 0.25) is 0 Å². The normalized spacial score (nSPS) is 21.5. The number of hydrogen-bond acceptors (Lipinski definition) is 3. The number of nitrogens with one attached hydrogen (secondary N) is 1. The predicted octanol–water partition coefficient (Wildman–Crippen LogP) is 2.90. The molecule has 1 aromatic carbocycles. The van der Waals surface area contributed by atoms with Crippen LogP contribution in [0.4, 0.5) is 0 Å². The molecule has 124 valence electrons. The first-order valence-corrected chi connectivity index (χ1v) is 8.79. The molecule has 5 heteroatoms. The van der Waals surface area contributed by atoms with E-state index in [2.05, 4.69) is 15.1 Å². The molecule has 1 atom stereocenters. The zero-order chi connectivity index (χ0) is 16.2. The minimum absolute atomic E-state index is 0.0673. The molecular weight excluding hydrogens is 288 g/mol. The molecule has 0 aliphatic carbocycles. The molecule has 2 aromatic rings. The first-order chi connectivity index (χ1) is 11.3. The third kappa shape index (κ3) is 3.11. The number of aromatic amines is 1. The Labute approximate surface area is 137 Å². The van der Waals surface area contributed by atoms with Gasteiger partial charge in [-0.15, -0.1) is 0 Å². The van der Waals surface area contributed by atoms with Crippen molar-refractivity contribution >= 4 is 16.8 Å². The molecule has 23 heavy (non-hydrogen) atoms. The van der Waals surface area contributed by atoms with E-state index in [0.717, 1.165) is 30.5 Å². The van der Waals surface area contributed by atoms with Gasteiger partial charge < -0.3 is 4.90 Å². The number of piperidine rings is 1. The van der Waals surface area contributed by atoms with Gasteiger partial charge in [-0.1, -0.05) is 38.5 Å². The van der Waals surface area contributed by atoms with E-state index in [9.17, 15) is 4.79 Å². The number of nitrogens with zero attached hydrogens (tertiary/aromatic N) is 3. The van der Waals surface area contributed by atoms with Gasteiger partial charge in [0, 0.05) is 31.1 Å². The number of hydrogen-bond donors (Lipinski definition) is 1. The van der Waals surface area contributed by atoms with E-state index >= 15 is 0 Å². The van der Waals surface area contributed by atoms with E-state index in [1.54, 1.807) is 0 Å². The van der Waals surface area contributed by atoms with E-state index in [1.165, 1.54) is 25.8 Å². The Morgan fingerprint density at radius 3 is 2.87 bits per heavy atom. The molecule has 1 amide bonds. The van der Waals surface area contributed by atoms with Crippen LogP contribution >= 0.6 is 0 Å². The van der Waals surface area contributed by atoms with Gasteiger partial charge in [-0.2, -0.15) is 5.10 Å². The van der Waals surface area contributed by atoms with Crippen LogP contribution in [0.1, 0.15) is 43.6 Å². The zero-order valence-electron chi connectivity index (χ0n) is 14.1. The Morgan fingerprint density at radius 2 is 2.00 bits per heavy atom. The number of benzene rings is 1. The third-order valence-electron chi connectivity index (χ3n) is 4.80. The first-order valence-electron chi connectivity index (χ1n) is 8.79. The second-order valence-electron chi connectivity index (χ2n) is 6.05. The summed E-state index contributed by atoms with van der Waals surface area (Å²) in [4.78, 5) is 17.3. The molecule has 2 aliphatic rings. The highest BCUT2D eigenvalue weighted by molar-refractivity contribution is 6.04. The second kappa shape index (κ2) is 7.13. The molecule has 0 saturated carbocycles. The maximum absolute atomic E-state index is 12.8. The molecular formula is C18H26N4O. The quantitative estimate of drug-likeness (QED) is 0.880. The lowest BCUT2D eigenvalue weighted by molar-refractivity contribution is 0.0369. The number of H-pyrrole nitrogens is 1. The lowest BCUT2D eigenvalue weighted by Crippen LogP contribution is -2.56. The van der Waals surface area contributed by atoms with Crippen molar-refractivity contribution in [3.63, 3.8) is 0 Å². The fraction of sp³-hybridized carbons (Fsp3) is 0.556. The molecule has 5 nitrogen and oxygen atoms in total. The topological polar surface area (TPSA) is 52.2 Å². The van der Waals surface area contributed by atoms with Gasteiger partial charge in [0.05, 0.1) is 5.52 Å². The van der Waals surface area contributed by atoms with Crippen LogP contribution in [0.2, 0.25) is 0 Å². The third-order valence-corrected chi connectivity index (χ3v) is 4.80. The smallest absolute Gasteiger partial charge is 0.275 e. The summed E-state index contributed by atoms with van der Waals surface area (Å²) in [5, 5.41) is 8.13. The summed E-state index contributed by atoms with van der Waals surface area (Å²) in [6.07, 6.45) is 3.80. The van der Waals surface area contributed by atoms with Gasteiger partial charge in [-0.25, -0.2) is 0 Å². The van der Waals surface area contributed by atoms with Crippen molar-refractivity contribution in [2.45, 2.75) is 39.2 Å². The summed E-state index contributed by atoms with van der Waals surface area (Å²) in [5.41, 5.74) is 1.49. The summed E-state index contributed by atoms with van der Waals surface area (Å²) in [7, 11) is 0. The number of carbonyl (C=O) groups is 1. The highest BCUT2D eigenvalue weighted by atomic mass is 16.2. The van der Waals surface area contributed by atoms with Crippen molar-refractivity contribution in [3.05, 3.63) is 30.0 Å². The number of amides is 1. The van der Waals surface area contributed by atoms with Crippen molar-refractivity contribution in [1.29, 1.82) is 0 Å². The monoisotopic (exact) mass is 314 g/mol. The van der Waals surface area contributed by atoms with E-state index in [0.29, 0.717) is 11.7 Å². The summed E-state index contributed by atoms with van der Waals surface area (Å²) in [6.45, 7) is 7.85. The highest BCUT2D eigenvalue weighted by Gasteiger charge is 2.32. The standard InChI is InChI=1S/C16H20N4O.C2H6/c21-16(15-13-6-1-2-7-14(13)17-18-15)20-10-9-19-8-4-3-5-12(19)11-20;1-2/h1-2,6-7,12H,3-5,8-11H2,(H,17,18);1-2H3. The average Bonchev–Trinajstić information content (AvgIpc) is 3.06. The van der Waals surface area contributed by atoms with E-state index in [-0.39, 0.29) is 5.91 Å².